The van der Waals surface area contributed by atoms with Gasteiger partial charge in [0.1, 0.15) is 5.54 Å². The van der Waals surface area contributed by atoms with Crippen LogP contribution in [0.2, 0.25) is 0 Å². The van der Waals surface area contributed by atoms with Gasteiger partial charge in [0, 0.05) is 13.1 Å². The summed E-state index contributed by atoms with van der Waals surface area (Å²) in [7, 11) is 0. The highest BCUT2D eigenvalue weighted by atomic mass is 16.5. The van der Waals surface area contributed by atoms with Crippen LogP contribution < -0.4 is 5.73 Å². The molecule has 91 valence electrons. The average Bonchev–Trinajstić information content (AvgIpc) is 2.55. The van der Waals surface area contributed by atoms with Gasteiger partial charge in [0.2, 0.25) is 5.91 Å². The fourth-order valence-electron chi connectivity index (χ4n) is 2.62. The Morgan fingerprint density at radius 1 is 1.06 bits per heavy atom. The fourth-order valence-corrected chi connectivity index (χ4v) is 2.62. The third kappa shape index (κ3) is 2.55. The molecule has 0 atom stereocenters. The van der Waals surface area contributed by atoms with Crippen molar-refractivity contribution in [3.05, 3.63) is 0 Å². The van der Waals surface area contributed by atoms with E-state index in [0.717, 1.165) is 25.7 Å². The molecule has 0 aromatic heterocycles. The topological polar surface area (TPSA) is 53.3 Å². The number of morpholine rings is 1. The molecular weight excluding hydrogens is 204 g/mol. The van der Waals surface area contributed by atoms with Gasteiger partial charge in [0.15, 0.2) is 0 Å². The summed E-state index contributed by atoms with van der Waals surface area (Å²) < 4.78 is 5.24. The van der Waals surface area contributed by atoms with Gasteiger partial charge < -0.3 is 9.64 Å². The van der Waals surface area contributed by atoms with E-state index in [0.29, 0.717) is 26.3 Å². The molecule has 1 aliphatic heterocycles. The molecule has 1 saturated carbocycles. The van der Waals surface area contributed by atoms with Crippen molar-refractivity contribution in [2.45, 2.75) is 44.1 Å². The van der Waals surface area contributed by atoms with Gasteiger partial charge in [0.25, 0.3) is 0 Å². The maximum Gasteiger partial charge on any atom is 0.244 e. The lowest BCUT2D eigenvalue weighted by Gasteiger charge is -2.35. The molecular formula is C12H21N2O2. The van der Waals surface area contributed by atoms with Crippen LogP contribution in [0.25, 0.3) is 0 Å². The van der Waals surface area contributed by atoms with Gasteiger partial charge in [-0.15, -0.1) is 0 Å². The van der Waals surface area contributed by atoms with E-state index in [4.69, 9.17) is 10.5 Å². The number of nitrogens with zero attached hydrogens (tertiary/aromatic N) is 1. The molecule has 1 N–H and O–H groups in total. The van der Waals surface area contributed by atoms with E-state index < -0.39 is 5.54 Å². The minimum Gasteiger partial charge on any atom is -0.378 e. The van der Waals surface area contributed by atoms with Crippen LogP contribution in [0, 0.1) is 0 Å². The van der Waals surface area contributed by atoms with Gasteiger partial charge in [-0.1, -0.05) is 25.7 Å². The molecule has 0 bridgehead atoms. The van der Waals surface area contributed by atoms with Crippen LogP contribution in [0.15, 0.2) is 0 Å². The molecule has 2 aliphatic rings. The number of rotatable bonds is 1. The van der Waals surface area contributed by atoms with Crippen molar-refractivity contribution in [1.82, 2.24) is 10.6 Å². The van der Waals surface area contributed by atoms with Crippen molar-refractivity contribution in [3.8, 4) is 0 Å². The van der Waals surface area contributed by atoms with Crippen molar-refractivity contribution in [1.29, 1.82) is 0 Å². The van der Waals surface area contributed by atoms with E-state index in [1.54, 1.807) is 0 Å². The number of nitrogens with one attached hydrogen (secondary N) is 1. The Morgan fingerprint density at radius 3 is 2.19 bits per heavy atom. The lowest BCUT2D eigenvalue weighted by Crippen LogP contribution is -2.53. The standard InChI is InChI=1S/C12H21N2O2/c13-12(5-3-1-2-4-6-12)11(15)14-7-9-16-10-8-14/h13H,1-10H2. The Bertz CT molecular complexity index is 241. The summed E-state index contributed by atoms with van der Waals surface area (Å²) in [5.74, 6) is 0.0395. The highest BCUT2D eigenvalue weighted by Crippen LogP contribution is 2.28. The van der Waals surface area contributed by atoms with Gasteiger partial charge in [-0.05, 0) is 12.8 Å². The quantitative estimate of drug-likeness (QED) is 0.630. The van der Waals surface area contributed by atoms with Gasteiger partial charge >= 0.3 is 0 Å². The number of ether oxygens (including phenoxy) is 1. The first-order valence-corrected chi connectivity index (χ1v) is 6.34. The monoisotopic (exact) mass is 225 g/mol. The van der Waals surface area contributed by atoms with Crippen LogP contribution in [0.3, 0.4) is 0 Å². The molecule has 4 nitrogen and oxygen atoms in total. The maximum atomic E-state index is 12.3. The molecule has 1 radical (unpaired) electrons. The second-order valence-electron chi connectivity index (χ2n) is 4.90. The molecule has 1 saturated heterocycles. The Balaban J connectivity index is 1.99. The minimum absolute atomic E-state index is 0.0395. The van der Waals surface area contributed by atoms with E-state index in [9.17, 15) is 4.79 Å². The van der Waals surface area contributed by atoms with E-state index in [2.05, 4.69) is 0 Å². The van der Waals surface area contributed by atoms with Gasteiger partial charge in [-0.2, -0.15) is 0 Å². The van der Waals surface area contributed by atoms with Gasteiger partial charge in [0.05, 0.1) is 13.2 Å². The lowest BCUT2D eigenvalue weighted by molar-refractivity contribution is -0.142. The van der Waals surface area contributed by atoms with Crippen molar-refractivity contribution in [2.24, 2.45) is 0 Å². The minimum atomic E-state index is -0.839. The fraction of sp³-hybridized carbons (Fsp3) is 0.917. The van der Waals surface area contributed by atoms with Crippen LogP contribution in [0.1, 0.15) is 38.5 Å². The number of carbonyl (C=O) groups excluding carboxylic acids is 1. The first-order valence-electron chi connectivity index (χ1n) is 6.34. The predicted molar refractivity (Wildman–Crippen MR) is 60.9 cm³/mol. The van der Waals surface area contributed by atoms with Crippen LogP contribution in [0.4, 0.5) is 0 Å². The Morgan fingerprint density at radius 2 is 1.62 bits per heavy atom. The van der Waals surface area contributed by atoms with Gasteiger partial charge in [-0.3, -0.25) is 4.79 Å². The largest absolute Gasteiger partial charge is 0.378 e. The van der Waals surface area contributed by atoms with E-state index in [1.807, 2.05) is 4.90 Å². The summed E-state index contributed by atoms with van der Waals surface area (Å²) in [5, 5.41) is 0. The zero-order valence-electron chi connectivity index (χ0n) is 9.83. The highest BCUT2D eigenvalue weighted by Gasteiger charge is 2.38. The first kappa shape index (κ1) is 11.9. The molecule has 2 fully saturated rings. The summed E-state index contributed by atoms with van der Waals surface area (Å²) >= 11 is 0. The third-order valence-electron chi connectivity index (χ3n) is 3.66. The van der Waals surface area contributed by atoms with E-state index in [-0.39, 0.29) is 5.91 Å². The van der Waals surface area contributed by atoms with Crippen LogP contribution in [-0.2, 0) is 9.53 Å². The zero-order chi connectivity index (χ0) is 11.4. The average molecular weight is 225 g/mol. The molecule has 2 rings (SSSR count). The number of amides is 1. The summed E-state index contributed by atoms with van der Waals surface area (Å²) in [6.07, 6.45) is 5.89. The van der Waals surface area contributed by atoms with Crippen molar-refractivity contribution < 1.29 is 9.53 Å². The molecule has 16 heavy (non-hydrogen) atoms. The smallest absolute Gasteiger partial charge is 0.244 e. The van der Waals surface area contributed by atoms with Crippen LogP contribution in [0.5, 0.6) is 0 Å². The Labute approximate surface area is 97.1 Å². The molecule has 1 heterocycles. The highest BCUT2D eigenvalue weighted by molar-refractivity contribution is 5.86. The second-order valence-corrected chi connectivity index (χ2v) is 4.90. The van der Waals surface area contributed by atoms with Crippen molar-refractivity contribution >= 4 is 5.91 Å². The summed E-state index contributed by atoms with van der Waals surface area (Å²) in [6.45, 7) is 2.59. The summed E-state index contributed by atoms with van der Waals surface area (Å²) in [6, 6.07) is 0. The molecule has 0 spiro atoms. The normalized spacial score (nSPS) is 26.2. The van der Waals surface area contributed by atoms with Crippen LogP contribution >= 0.6 is 0 Å². The Kier molecular flexibility index (Phi) is 3.82. The van der Waals surface area contributed by atoms with Crippen molar-refractivity contribution in [2.75, 3.05) is 26.3 Å². The van der Waals surface area contributed by atoms with E-state index in [1.165, 1.54) is 12.8 Å². The molecule has 4 heteroatoms. The van der Waals surface area contributed by atoms with Crippen LogP contribution in [-0.4, -0.2) is 42.6 Å². The number of hydrogen-bond acceptors (Lipinski definition) is 2. The first-order chi connectivity index (χ1) is 7.72. The molecule has 0 unspecified atom stereocenters. The molecule has 0 aromatic rings. The second kappa shape index (κ2) is 5.15. The molecule has 1 amide bonds. The maximum absolute atomic E-state index is 12.3. The summed E-state index contributed by atoms with van der Waals surface area (Å²) in [5.41, 5.74) is 7.53. The van der Waals surface area contributed by atoms with Crippen molar-refractivity contribution in [3.63, 3.8) is 0 Å². The van der Waals surface area contributed by atoms with E-state index >= 15 is 0 Å². The lowest BCUT2D eigenvalue weighted by atomic mass is 9.89. The third-order valence-corrected chi connectivity index (χ3v) is 3.66. The Hall–Kier alpha value is -0.610. The predicted octanol–water partition coefficient (Wildman–Crippen LogP) is 1.22. The molecule has 0 aromatic carbocycles. The van der Waals surface area contributed by atoms with Gasteiger partial charge in [-0.25, -0.2) is 5.73 Å². The summed E-state index contributed by atoms with van der Waals surface area (Å²) in [4.78, 5) is 14.1. The number of hydrogen-bond donors (Lipinski definition) is 0. The zero-order valence-corrected chi connectivity index (χ0v) is 9.83. The SMILES string of the molecule is [NH]C1(C(=O)N2CCOCC2)CCCCCC1. The molecule has 1 aliphatic carbocycles. The number of carbonyl (C=O) groups is 1.